The molecule has 0 bridgehead atoms. The van der Waals surface area contributed by atoms with Crippen molar-refractivity contribution in [2.45, 2.75) is 19.3 Å². The SMILES string of the molecule is O=C(CCc1nc2ccccc2c(=O)[nH]1)NCCCN1CCOCC1. The Kier molecular flexibility index (Phi) is 6.14. The van der Waals surface area contributed by atoms with Crippen LogP contribution in [0.5, 0.6) is 0 Å². The minimum absolute atomic E-state index is 0.0159. The molecule has 1 aromatic heterocycles. The molecule has 2 heterocycles. The first kappa shape index (κ1) is 17.6. The first-order chi connectivity index (χ1) is 12.2. The van der Waals surface area contributed by atoms with Crippen LogP contribution in [0.25, 0.3) is 10.9 Å². The van der Waals surface area contributed by atoms with Crippen LogP contribution < -0.4 is 10.9 Å². The minimum atomic E-state index is -0.161. The van der Waals surface area contributed by atoms with Crippen LogP contribution in [0, 0.1) is 0 Å². The Bertz CT molecular complexity index is 768. The van der Waals surface area contributed by atoms with E-state index >= 15 is 0 Å². The molecule has 0 saturated carbocycles. The predicted octanol–water partition coefficient (Wildman–Crippen LogP) is 0.694. The quantitative estimate of drug-likeness (QED) is 0.722. The highest BCUT2D eigenvalue weighted by Gasteiger charge is 2.10. The van der Waals surface area contributed by atoms with Gasteiger partial charge >= 0.3 is 0 Å². The molecule has 7 nitrogen and oxygen atoms in total. The monoisotopic (exact) mass is 344 g/mol. The Hall–Kier alpha value is -2.25. The summed E-state index contributed by atoms with van der Waals surface area (Å²) in [6.07, 6.45) is 1.67. The van der Waals surface area contributed by atoms with E-state index in [1.807, 2.05) is 12.1 Å². The highest BCUT2D eigenvalue weighted by molar-refractivity contribution is 5.78. The summed E-state index contributed by atoms with van der Waals surface area (Å²) < 4.78 is 5.31. The van der Waals surface area contributed by atoms with Crippen molar-refractivity contribution in [3.05, 3.63) is 40.4 Å². The van der Waals surface area contributed by atoms with Crippen molar-refractivity contribution < 1.29 is 9.53 Å². The predicted molar refractivity (Wildman–Crippen MR) is 95.6 cm³/mol. The highest BCUT2D eigenvalue weighted by atomic mass is 16.5. The molecule has 1 aliphatic heterocycles. The fraction of sp³-hybridized carbons (Fsp3) is 0.500. The van der Waals surface area contributed by atoms with Gasteiger partial charge in [0.1, 0.15) is 5.82 Å². The van der Waals surface area contributed by atoms with E-state index in [1.165, 1.54) is 0 Å². The van der Waals surface area contributed by atoms with Gasteiger partial charge in [-0.2, -0.15) is 0 Å². The number of aromatic nitrogens is 2. The van der Waals surface area contributed by atoms with Gasteiger partial charge in [0.15, 0.2) is 0 Å². The maximum absolute atomic E-state index is 12.0. The van der Waals surface area contributed by atoms with Crippen molar-refractivity contribution in [2.75, 3.05) is 39.4 Å². The number of fused-ring (bicyclic) bond motifs is 1. The second kappa shape index (κ2) is 8.73. The topological polar surface area (TPSA) is 87.3 Å². The molecule has 3 rings (SSSR count). The first-order valence-electron chi connectivity index (χ1n) is 8.77. The second-order valence-corrected chi connectivity index (χ2v) is 6.19. The number of amides is 1. The fourth-order valence-corrected chi connectivity index (χ4v) is 2.93. The minimum Gasteiger partial charge on any atom is -0.379 e. The summed E-state index contributed by atoms with van der Waals surface area (Å²) in [5.74, 6) is 0.532. The summed E-state index contributed by atoms with van der Waals surface area (Å²) in [6, 6.07) is 7.20. The standard InChI is InChI=1S/C18H24N4O3/c23-17(19-8-3-9-22-10-12-25-13-11-22)7-6-16-20-15-5-2-1-4-14(15)18(24)21-16/h1-2,4-5H,3,6-13H2,(H,19,23)(H,20,21,24). The largest absolute Gasteiger partial charge is 0.379 e. The van der Waals surface area contributed by atoms with E-state index in [2.05, 4.69) is 20.2 Å². The number of nitrogens with zero attached hydrogens (tertiary/aromatic N) is 2. The third-order valence-corrected chi connectivity index (χ3v) is 4.33. The van der Waals surface area contributed by atoms with Crippen LogP contribution in [0.4, 0.5) is 0 Å². The normalized spacial score (nSPS) is 15.4. The lowest BCUT2D eigenvalue weighted by molar-refractivity contribution is -0.121. The van der Waals surface area contributed by atoms with Gasteiger partial charge in [-0.05, 0) is 25.1 Å². The molecule has 0 aliphatic carbocycles. The summed E-state index contributed by atoms with van der Waals surface area (Å²) in [5, 5.41) is 3.50. The van der Waals surface area contributed by atoms with Gasteiger partial charge in [-0.3, -0.25) is 14.5 Å². The zero-order chi connectivity index (χ0) is 17.5. The van der Waals surface area contributed by atoms with Crippen molar-refractivity contribution in [2.24, 2.45) is 0 Å². The second-order valence-electron chi connectivity index (χ2n) is 6.19. The molecule has 0 radical (unpaired) electrons. The summed E-state index contributed by atoms with van der Waals surface area (Å²) in [7, 11) is 0. The Morgan fingerprint density at radius 1 is 1.28 bits per heavy atom. The van der Waals surface area contributed by atoms with Gasteiger partial charge in [0.2, 0.25) is 5.91 Å². The summed E-state index contributed by atoms with van der Waals surface area (Å²) >= 11 is 0. The molecule has 2 N–H and O–H groups in total. The number of rotatable bonds is 7. The van der Waals surface area contributed by atoms with Gasteiger partial charge in [0.05, 0.1) is 24.1 Å². The fourth-order valence-electron chi connectivity index (χ4n) is 2.93. The Labute approximate surface area is 146 Å². The lowest BCUT2D eigenvalue weighted by atomic mass is 10.2. The molecule has 1 fully saturated rings. The average molecular weight is 344 g/mol. The number of H-pyrrole nitrogens is 1. The van der Waals surface area contributed by atoms with Crippen molar-refractivity contribution in [3.8, 4) is 0 Å². The highest BCUT2D eigenvalue weighted by Crippen LogP contribution is 2.06. The van der Waals surface area contributed by atoms with Crippen molar-refractivity contribution in [1.29, 1.82) is 0 Å². The molecule has 0 spiro atoms. The Morgan fingerprint density at radius 2 is 2.08 bits per heavy atom. The van der Waals surface area contributed by atoms with Gasteiger partial charge in [0.25, 0.3) is 5.56 Å². The van der Waals surface area contributed by atoms with Gasteiger partial charge in [-0.25, -0.2) is 4.98 Å². The van der Waals surface area contributed by atoms with E-state index in [-0.39, 0.29) is 11.5 Å². The molecule has 1 saturated heterocycles. The maximum Gasteiger partial charge on any atom is 0.258 e. The van der Waals surface area contributed by atoms with Crippen LogP contribution in [0.1, 0.15) is 18.7 Å². The molecule has 25 heavy (non-hydrogen) atoms. The van der Waals surface area contributed by atoms with Crippen molar-refractivity contribution >= 4 is 16.8 Å². The zero-order valence-electron chi connectivity index (χ0n) is 14.3. The van der Waals surface area contributed by atoms with Gasteiger partial charge in [-0.15, -0.1) is 0 Å². The summed E-state index contributed by atoms with van der Waals surface area (Å²) in [5.41, 5.74) is 0.499. The van der Waals surface area contributed by atoms with Crippen LogP contribution >= 0.6 is 0 Å². The number of aryl methyl sites for hydroxylation is 1. The van der Waals surface area contributed by atoms with E-state index in [0.717, 1.165) is 39.3 Å². The number of ether oxygens (including phenoxy) is 1. The molecular formula is C18H24N4O3. The zero-order valence-corrected chi connectivity index (χ0v) is 14.3. The first-order valence-corrected chi connectivity index (χ1v) is 8.77. The van der Waals surface area contributed by atoms with Crippen LogP contribution in [0.15, 0.2) is 29.1 Å². The average Bonchev–Trinajstić information content (AvgIpc) is 2.64. The van der Waals surface area contributed by atoms with Gasteiger partial charge in [-0.1, -0.05) is 12.1 Å². The van der Waals surface area contributed by atoms with E-state index in [1.54, 1.807) is 12.1 Å². The number of morpholine rings is 1. The molecule has 2 aromatic rings. The van der Waals surface area contributed by atoms with Crippen molar-refractivity contribution in [1.82, 2.24) is 20.2 Å². The van der Waals surface area contributed by atoms with Crippen LogP contribution in [-0.2, 0) is 16.0 Å². The summed E-state index contributed by atoms with van der Waals surface area (Å²) in [4.78, 5) is 33.5. The lowest BCUT2D eigenvalue weighted by Gasteiger charge is -2.26. The number of aromatic amines is 1. The summed E-state index contributed by atoms with van der Waals surface area (Å²) in [6.45, 7) is 5.16. The van der Waals surface area contributed by atoms with Crippen LogP contribution in [0.2, 0.25) is 0 Å². The lowest BCUT2D eigenvalue weighted by Crippen LogP contribution is -2.38. The third-order valence-electron chi connectivity index (χ3n) is 4.33. The van der Waals surface area contributed by atoms with Crippen molar-refractivity contribution in [3.63, 3.8) is 0 Å². The van der Waals surface area contributed by atoms with E-state index in [0.29, 0.717) is 36.1 Å². The molecule has 0 unspecified atom stereocenters. The maximum atomic E-state index is 12.0. The number of hydrogen-bond donors (Lipinski definition) is 2. The number of hydrogen-bond acceptors (Lipinski definition) is 5. The molecule has 134 valence electrons. The Balaban J connectivity index is 1.40. The van der Waals surface area contributed by atoms with E-state index < -0.39 is 0 Å². The van der Waals surface area contributed by atoms with Crippen LogP contribution in [0.3, 0.4) is 0 Å². The molecule has 7 heteroatoms. The number of nitrogens with one attached hydrogen (secondary N) is 2. The van der Waals surface area contributed by atoms with Crippen LogP contribution in [-0.4, -0.2) is 60.2 Å². The Morgan fingerprint density at radius 3 is 2.92 bits per heavy atom. The van der Waals surface area contributed by atoms with E-state index in [4.69, 9.17) is 4.74 Å². The number of carbonyl (C=O) groups excluding carboxylic acids is 1. The number of carbonyl (C=O) groups is 1. The van der Waals surface area contributed by atoms with Gasteiger partial charge in [0, 0.05) is 32.5 Å². The molecule has 1 aromatic carbocycles. The molecule has 0 atom stereocenters. The smallest absolute Gasteiger partial charge is 0.258 e. The third kappa shape index (κ3) is 5.11. The number of para-hydroxylation sites is 1. The van der Waals surface area contributed by atoms with E-state index in [9.17, 15) is 9.59 Å². The molecule has 1 aliphatic rings. The van der Waals surface area contributed by atoms with Gasteiger partial charge < -0.3 is 15.0 Å². The molecular weight excluding hydrogens is 320 g/mol. The molecule has 1 amide bonds. The number of benzene rings is 1.